The summed E-state index contributed by atoms with van der Waals surface area (Å²) in [5.74, 6) is 0.901. The van der Waals surface area contributed by atoms with Crippen molar-refractivity contribution >= 4 is 15.9 Å². The van der Waals surface area contributed by atoms with Crippen molar-refractivity contribution in [3.63, 3.8) is 0 Å². The summed E-state index contributed by atoms with van der Waals surface area (Å²) in [6, 6.07) is 2.00. The Balaban J connectivity index is 2.82. The Morgan fingerprint density at radius 3 is 2.73 bits per heavy atom. The van der Waals surface area contributed by atoms with E-state index in [0.717, 1.165) is 23.1 Å². The smallest absolute Gasteiger partial charge is 0.137 e. The van der Waals surface area contributed by atoms with E-state index >= 15 is 0 Å². The summed E-state index contributed by atoms with van der Waals surface area (Å²) < 4.78 is 11.9. The van der Waals surface area contributed by atoms with E-state index in [1.807, 2.05) is 13.1 Å². The minimum absolute atomic E-state index is 0.0966. The first-order chi connectivity index (χ1) is 7.24. The van der Waals surface area contributed by atoms with Crippen LogP contribution in [0.3, 0.4) is 0 Å². The third-order valence-corrected chi connectivity index (χ3v) is 3.14. The van der Waals surface area contributed by atoms with Crippen LogP contribution < -0.4 is 5.32 Å². The predicted molar refractivity (Wildman–Crippen MR) is 63.9 cm³/mol. The zero-order valence-electron chi connectivity index (χ0n) is 9.42. The molecule has 1 rings (SSSR count). The summed E-state index contributed by atoms with van der Waals surface area (Å²) in [5, 5.41) is 3.23. The van der Waals surface area contributed by atoms with Crippen molar-refractivity contribution in [2.45, 2.75) is 31.9 Å². The van der Waals surface area contributed by atoms with Gasteiger partial charge in [0.25, 0.3) is 0 Å². The first-order valence-corrected chi connectivity index (χ1v) is 5.96. The number of halogens is 1. The number of ether oxygens (including phenoxy) is 1. The van der Waals surface area contributed by atoms with Crippen molar-refractivity contribution in [3.05, 3.63) is 22.6 Å². The number of furan rings is 1. The van der Waals surface area contributed by atoms with E-state index in [4.69, 9.17) is 9.15 Å². The average molecular weight is 276 g/mol. The van der Waals surface area contributed by atoms with E-state index in [2.05, 4.69) is 28.2 Å². The van der Waals surface area contributed by atoms with Crippen LogP contribution in [0.25, 0.3) is 0 Å². The molecule has 1 heterocycles. The van der Waals surface area contributed by atoms with Crippen molar-refractivity contribution in [2.75, 3.05) is 14.2 Å². The van der Waals surface area contributed by atoms with Crippen LogP contribution in [0.5, 0.6) is 0 Å². The maximum atomic E-state index is 5.48. The van der Waals surface area contributed by atoms with Gasteiger partial charge in [-0.3, -0.25) is 0 Å². The van der Waals surface area contributed by atoms with Crippen molar-refractivity contribution in [1.29, 1.82) is 0 Å². The standard InChI is InChI=1S/C11H18BrNO2/c1-4-5-9(14-3)10(13-2)11-8(12)6-7-15-11/h6-7,9-10,13H,4-5H2,1-3H3. The third kappa shape index (κ3) is 3.06. The molecule has 1 N–H and O–H groups in total. The average Bonchev–Trinajstić information content (AvgIpc) is 2.65. The maximum absolute atomic E-state index is 5.48. The Hall–Kier alpha value is -0.320. The molecule has 0 radical (unpaired) electrons. The molecule has 0 fully saturated rings. The fourth-order valence-electron chi connectivity index (χ4n) is 1.72. The number of methoxy groups -OCH3 is 1. The number of hydrogen-bond acceptors (Lipinski definition) is 3. The lowest BCUT2D eigenvalue weighted by Crippen LogP contribution is -2.30. The Labute approximate surface area is 99.3 Å². The minimum atomic E-state index is 0.0966. The van der Waals surface area contributed by atoms with Gasteiger partial charge >= 0.3 is 0 Å². The zero-order valence-corrected chi connectivity index (χ0v) is 11.0. The molecule has 4 heteroatoms. The second-order valence-electron chi connectivity index (χ2n) is 3.46. The topological polar surface area (TPSA) is 34.4 Å². The molecule has 0 aromatic carbocycles. The van der Waals surface area contributed by atoms with E-state index in [1.165, 1.54) is 0 Å². The second kappa shape index (κ2) is 6.30. The summed E-state index contributed by atoms with van der Waals surface area (Å²) in [7, 11) is 3.66. The first-order valence-electron chi connectivity index (χ1n) is 5.17. The van der Waals surface area contributed by atoms with Crippen molar-refractivity contribution in [3.8, 4) is 0 Å². The highest BCUT2D eigenvalue weighted by molar-refractivity contribution is 9.10. The van der Waals surface area contributed by atoms with Gasteiger partial charge in [-0.2, -0.15) is 0 Å². The normalized spacial score (nSPS) is 15.2. The highest BCUT2D eigenvalue weighted by atomic mass is 79.9. The van der Waals surface area contributed by atoms with Crippen LogP contribution in [0, 0.1) is 0 Å². The van der Waals surface area contributed by atoms with Gasteiger partial charge < -0.3 is 14.5 Å². The van der Waals surface area contributed by atoms with Gasteiger partial charge in [0.15, 0.2) is 0 Å². The van der Waals surface area contributed by atoms with E-state index < -0.39 is 0 Å². The molecule has 0 aliphatic heterocycles. The van der Waals surface area contributed by atoms with Gasteiger partial charge in [0.2, 0.25) is 0 Å². The van der Waals surface area contributed by atoms with Gasteiger partial charge in [0.05, 0.1) is 22.9 Å². The zero-order chi connectivity index (χ0) is 11.3. The molecule has 0 aliphatic carbocycles. The molecular weight excluding hydrogens is 258 g/mol. The molecule has 0 saturated heterocycles. The summed E-state index contributed by atoms with van der Waals surface area (Å²) >= 11 is 3.47. The van der Waals surface area contributed by atoms with Gasteiger partial charge in [-0.1, -0.05) is 13.3 Å². The molecule has 1 aromatic heterocycles. The lowest BCUT2D eigenvalue weighted by atomic mass is 10.0. The Morgan fingerprint density at radius 2 is 2.33 bits per heavy atom. The summed E-state index contributed by atoms with van der Waals surface area (Å²) in [4.78, 5) is 0. The highest BCUT2D eigenvalue weighted by Gasteiger charge is 2.25. The lowest BCUT2D eigenvalue weighted by Gasteiger charge is -2.24. The molecule has 3 nitrogen and oxygen atoms in total. The molecule has 1 aromatic rings. The van der Waals surface area contributed by atoms with E-state index in [0.29, 0.717) is 0 Å². The number of hydrogen-bond donors (Lipinski definition) is 1. The van der Waals surface area contributed by atoms with E-state index in [-0.39, 0.29) is 12.1 Å². The molecule has 0 saturated carbocycles. The van der Waals surface area contributed by atoms with E-state index in [9.17, 15) is 0 Å². The SMILES string of the molecule is CCCC(OC)C(NC)c1occc1Br. The monoisotopic (exact) mass is 275 g/mol. The summed E-state index contributed by atoms with van der Waals surface area (Å²) in [6.07, 6.45) is 3.93. The Morgan fingerprint density at radius 1 is 1.60 bits per heavy atom. The van der Waals surface area contributed by atoms with Crippen molar-refractivity contribution in [1.82, 2.24) is 5.32 Å². The molecular formula is C11H18BrNO2. The van der Waals surface area contributed by atoms with Crippen LogP contribution in [0.15, 0.2) is 21.2 Å². The van der Waals surface area contributed by atoms with Gasteiger partial charge in [-0.25, -0.2) is 0 Å². The quantitative estimate of drug-likeness (QED) is 0.866. The molecule has 0 bridgehead atoms. The molecule has 2 unspecified atom stereocenters. The molecule has 86 valence electrons. The van der Waals surface area contributed by atoms with Crippen LogP contribution >= 0.6 is 15.9 Å². The van der Waals surface area contributed by atoms with Crippen molar-refractivity contribution < 1.29 is 9.15 Å². The Bertz CT molecular complexity index is 288. The van der Waals surface area contributed by atoms with Crippen LogP contribution in [0.1, 0.15) is 31.6 Å². The van der Waals surface area contributed by atoms with Crippen LogP contribution in [-0.2, 0) is 4.74 Å². The predicted octanol–water partition coefficient (Wildman–Crippen LogP) is 3.12. The Kier molecular flexibility index (Phi) is 5.36. The van der Waals surface area contributed by atoms with Gasteiger partial charge in [-0.05, 0) is 35.5 Å². The fraction of sp³-hybridized carbons (Fsp3) is 0.636. The number of nitrogens with one attached hydrogen (secondary N) is 1. The molecule has 15 heavy (non-hydrogen) atoms. The first kappa shape index (κ1) is 12.7. The van der Waals surface area contributed by atoms with Gasteiger partial charge in [0, 0.05) is 7.11 Å². The molecule has 0 amide bonds. The van der Waals surface area contributed by atoms with Crippen LogP contribution in [-0.4, -0.2) is 20.3 Å². The number of likely N-dealkylation sites (N-methyl/N-ethyl adjacent to an activating group) is 1. The minimum Gasteiger partial charge on any atom is -0.466 e. The maximum Gasteiger partial charge on any atom is 0.137 e. The van der Waals surface area contributed by atoms with Gasteiger partial charge in [0.1, 0.15) is 5.76 Å². The number of rotatable bonds is 6. The molecule has 2 atom stereocenters. The third-order valence-electron chi connectivity index (χ3n) is 2.49. The summed E-state index contributed by atoms with van der Waals surface area (Å²) in [6.45, 7) is 2.15. The summed E-state index contributed by atoms with van der Waals surface area (Å²) in [5.41, 5.74) is 0. The molecule has 0 spiro atoms. The van der Waals surface area contributed by atoms with Crippen LogP contribution in [0.4, 0.5) is 0 Å². The highest BCUT2D eigenvalue weighted by Crippen LogP contribution is 2.29. The molecule has 0 aliphatic rings. The largest absolute Gasteiger partial charge is 0.466 e. The van der Waals surface area contributed by atoms with E-state index in [1.54, 1.807) is 13.4 Å². The second-order valence-corrected chi connectivity index (χ2v) is 4.32. The van der Waals surface area contributed by atoms with Crippen molar-refractivity contribution in [2.24, 2.45) is 0 Å². The lowest BCUT2D eigenvalue weighted by molar-refractivity contribution is 0.0559. The van der Waals surface area contributed by atoms with Gasteiger partial charge in [-0.15, -0.1) is 0 Å². The fourth-order valence-corrected chi connectivity index (χ4v) is 2.17. The van der Waals surface area contributed by atoms with Crippen LogP contribution in [0.2, 0.25) is 0 Å².